The number of ether oxygens (including phenoxy) is 5. The van der Waals surface area contributed by atoms with Crippen molar-refractivity contribution in [1.82, 2.24) is 0 Å². The molecule has 150 valence electrons. The van der Waals surface area contributed by atoms with Crippen molar-refractivity contribution in [2.24, 2.45) is 5.73 Å². The first-order valence-electron chi connectivity index (χ1n) is 9.18. The molecule has 0 atom stereocenters. The Kier molecular flexibility index (Phi) is 16.2. The molecule has 0 aliphatic heterocycles. The van der Waals surface area contributed by atoms with E-state index in [1.807, 2.05) is 20.8 Å². The summed E-state index contributed by atoms with van der Waals surface area (Å²) in [6.45, 7) is 9.93. The number of rotatable bonds is 17. The lowest BCUT2D eigenvalue weighted by atomic mass is 10.2. The van der Waals surface area contributed by atoms with Crippen molar-refractivity contribution in [2.75, 3.05) is 59.4 Å². The van der Waals surface area contributed by atoms with Crippen LogP contribution in [0.3, 0.4) is 0 Å². The van der Waals surface area contributed by atoms with Gasteiger partial charge in [-0.15, -0.1) is 0 Å². The molecule has 25 heavy (non-hydrogen) atoms. The summed E-state index contributed by atoms with van der Waals surface area (Å²) in [5, 5.41) is 0. The molecule has 0 radical (unpaired) electrons. The van der Waals surface area contributed by atoms with Crippen LogP contribution in [-0.4, -0.2) is 71.0 Å². The molecule has 0 aromatic heterocycles. The van der Waals surface area contributed by atoms with Gasteiger partial charge in [0.15, 0.2) is 0 Å². The molecule has 0 fully saturated rings. The molecule has 0 unspecified atom stereocenters. The lowest BCUT2D eigenvalue weighted by molar-refractivity contribution is -0.160. The number of nitrogens with two attached hydrogens (primary N) is 1. The van der Waals surface area contributed by atoms with Gasteiger partial charge in [0.25, 0.3) is 0 Å². The summed E-state index contributed by atoms with van der Waals surface area (Å²) in [6.07, 6.45) is 4.51. The molecule has 7 nitrogen and oxygen atoms in total. The normalized spacial score (nSPS) is 11.7. The molecule has 0 amide bonds. The molecule has 0 saturated heterocycles. The zero-order chi connectivity index (χ0) is 18.8. The summed E-state index contributed by atoms with van der Waals surface area (Å²) >= 11 is 0. The third-order valence-corrected chi connectivity index (χ3v) is 3.00. The lowest BCUT2D eigenvalue weighted by Gasteiger charge is -2.19. The topological polar surface area (TPSA) is 89.2 Å². The van der Waals surface area contributed by atoms with Crippen molar-refractivity contribution in [3.05, 3.63) is 0 Å². The Bertz CT molecular complexity index is 306. The zero-order valence-electron chi connectivity index (χ0n) is 16.2. The van der Waals surface area contributed by atoms with Gasteiger partial charge in [-0.3, -0.25) is 0 Å². The van der Waals surface area contributed by atoms with Crippen LogP contribution in [0.15, 0.2) is 0 Å². The fraction of sp³-hybridized carbons (Fsp3) is 0.944. The van der Waals surface area contributed by atoms with Crippen molar-refractivity contribution in [3.63, 3.8) is 0 Å². The molecule has 7 heteroatoms. The second-order valence-electron chi connectivity index (χ2n) is 6.68. The minimum atomic E-state index is -0.484. The molecule has 0 aliphatic rings. The Morgan fingerprint density at radius 3 is 1.72 bits per heavy atom. The van der Waals surface area contributed by atoms with Crippen molar-refractivity contribution in [2.45, 2.75) is 52.1 Å². The van der Waals surface area contributed by atoms with Crippen molar-refractivity contribution in [1.29, 1.82) is 0 Å². The van der Waals surface area contributed by atoms with E-state index in [-0.39, 0.29) is 12.6 Å². The Morgan fingerprint density at radius 2 is 1.20 bits per heavy atom. The fourth-order valence-corrected chi connectivity index (χ4v) is 1.89. The van der Waals surface area contributed by atoms with Gasteiger partial charge in [0.1, 0.15) is 12.2 Å². The van der Waals surface area contributed by atoms with Crippen LogP contribution in [-0.2, 0) is 28.5 Å². The lowest BCUT2D eigenvalue weighted by Crippen LogP contribution is -2.27. The van der Waals surface area contributed by atoms with E-state index in [4.69, 9.17) is 29.4 Å². The maximum atomic E-state index is 11.4. The van der Waals surface area contributed by atoms with Crippen LogP contribution < -0.4 is 5.73 Å². The van der Waals surface area contributed by atoms with Gasteiger partial charge in [-0.25, -0.2) is 4.79 Å². The first kappa shape index (κ1) is 24.3. The molecular formula is C18H37NO6. The first-order valence-corrected chi connectivity index (χ1v) is 9.18. The standard InChI is InChI=1S/C18H37NO6/c1-18(2,3)25-17(20)16-24-15-14-23-13-12-22-11-10-21-9-7-5-4-6-8-19/h4-16,19H2,1-3H3. The van der Waals surface area contributed by atoms with Crippen LogP contribution in [0.5, 0.6) is 0 Å². The summed E-state index contributed by atoms with van der Waals surface area (Å²) in [5.74, 6) is -0.366. The highest BCUT2D eigenvalue weighted by molar-refractivity contribution is 5.71. The van der Waals surface area contributed by atoms with Gasteiger partial charge >= 0.3 is 5.97 Å². The minimum absolute atomic E-state index is 0.0549. The summed E-state index contributed by atoms with van der Waals surface area (Å²) in [4.78, 5) is 11.4. The van der Waals surface area contributed by atoms with E-state index < -0.39 is 5.60 Å². The van der Waals surface area contributed by atoms with Crippen LogP contribution in [0.25, 0.3) is 0 Å². The van der Waals surface area contributed by atoms with Gasteiger partial charge in [0.2, 0.25) is 0 Å². The average molecular weight is 363 g/mol. The largest absolute Gasteiger partial charge is 0.458 e. The van der Waals surface area contributed by atoms with Crippen LogP contribution in [0, 0.1) is 0 Å². The smallest absolute Gasteiger partial charge is 0.332 e. The molecule has 0 bridgehead atoms. The van der Waals surface area contributed by atoms with Crippen LogP contribution in [0.4, 0.5) is 0 Å². The van der Waals surface area contributed by atoms with Gasteiger partial charge < -0.3 is 29.4 Å². The van der Waals surface area contributed by atoms with Gasteiger partial charge in [-0.1, -0.05) is 12.8 Å². The van der Waals surface area contributed by atoms with E-state index in [1.165, 1.54) is 12.8 Å². The monoisotopic (exact) mass is 363 g/mol. The minimum Gasteiger partial charge on any atom is -0.458 e. The highest BCUT2D eigenvalue weighted by atomic mass is 16.6. The zero-order valence-corrected chi connectivity index (χ0v) is 16.2. The Morgan fingerprint density at radius 1 is 0.720 bits per heavy atom. The Hall–Kier alpha value is -0.730. The molecule has 2 N–H and O–H groups in total. The Labute approximate surface area is 152 Å². The molecule has 0 spiro atoms. The van der Waals surface area contributed by atoms with E-state index in [0.717, 1.165) is 26.0 Å². The second kappa shape index (κ2) is 16.7. The molecule has 0 heterocycles. The van der Waals surface area contributed by atoms with Crippen molar-refractivity contribution in [3.8, 4) is 0 Å². The molecule has 0 aliphatic carbocycles. The van der Waals surface area contributed by atoms with Crippen molar-refractivity contribution >= 4 is 5.97 Å². The van der Waals surface area contributed by atoms with Gasteiger partial charge in [-0.2, -0.15) is 0 Å². The summed E-state index contributed by atoms with van der Waals surface area (Å²) in [7, 11) is 0. The predicted molar refractivity (Wildman–Crippen MR) is 96.6 cm³/mol. The highest BCUT2D eigenvalue weighted by Gasteiger charge is 2.15. The third kappa shape index (κ3) is 21.2. The SMILES string of the molecule is CC(C)(C)OC(=O)COCCOCCOCCOCCCCCCN. The molecular weight excluding hydrogens is 326 g/mol. The van der Waals surface area contributed by atoms with E-state index in [0.29, 0.717) is 39.6 Å². The fourth-order valence-electron chi connectivity index (χ4n) is 1.89. The highest BCUT2D eigenvalue weighted by Crippen LogP contribution is 2.06. The van der Waals surface area contributed by atoms with Gasteiger partial charge in [-0.05, 0) is 40.2 Å². The van der Waals surface area contributed by atoms with Crippen LogP contribution in [0.2, 0.25) is 0 Å². The quantitative estimate of drug-likeness (QED) is 0.312. The second-order valence-corrected chi connectivity index (χ2v) is 6.68. The van der Waals surface area contributed by atoms with Gasteiger partial charge in [0.05, 0.1) is 39.6 Å². The summed E-state index contributed by atoms with van der Waals surface area (Å²) in [5.41, 5.74) is 4.95. The maximum Gasteiger partial charge on any atom is 0.332 e. The Balaban J connectivity index is 3.13. The van der Waals surface area contributed by atoms with Crippen molar-refractivity contribution < 1.29 is 28.5 Å². The van der Waals surface area contributed by atoms with E-state index in [9.17, 15) is 4.79 Å². The van der Waals surface area contributed by atoms with E-state index in [2.05, 4.69) is 0 Å². The van der Waals surface area contributed by atoms with Gasteiger partial charge in [0, 0.05) is 6.61 Å². The molecule has 0 saturated carbocycles. The predicted octanol–water partition coefficient (Wildman–Crippen LogP) is 1.91. The molecule has 0 aromatic carbocycles. The summed E-state index contributed by atoms with van der Waals surface area (Å²) < 4.78 is 26.5. The number of hydrogen-bond donors (Lipinski definition) is 1. The van der Waals surface area contributed by atoms with E-state index in [1.54, 1.807) is 0 Å². The van der Waals surface area contributed by atoms with Crippen LogP contribution in [0.1, 0.15) is 46.5 Å². The first-order chi connectivity index (χ1) is 12.0. The third-order valence-electron chi connectivity index (χ3n) is 3.00. The molecule has 0 aromatic rings. The number of unbranched alkanes of at least 4 members (excludes halogenated alkanes) is 3. The number of carbonyl (C=O) groups is 1. The number of hydrogen-bond acceptors (Lipinski definition) is 7. The van der Waals surface area contributed by atoms with Crippen LogP contribution >= 0.6 is 0 Å². The number of esters is 1. The van der Waals surface area contributed by atoms with E-state index >= 15 is 0 Å². The molecule has 0 rings (SSSR count). The number of carbonyl (C=O) groups excluding carboxylic acids is 1. The average Bonchev–Trinajstić information content (AvgIpc) is 2.53. The summed E-state index contributed by atoms with van der Waals surface area (Å²) in [6, 6.07) is 0. The maximum absolute atomic E-state index is 11.4.